The number of hydrogen-bond donors (Lipinski definition) is 1. The highest BCUT2D eigenvalue weighted by Crippen LogP contribution is 2.23. The number of nitrogens with two attached hydrogens (primary N) is 1. The van der Waals surface area contributed by atoms with Crippen LogP contribution < -0.4 is 5.73 Å². The maximum atomic E-state index is 11.2. The number of hydrogen-bond acceptors (Lipinski definition) is 4. The molecule has 82 valence electrons. The van der Waals surface area contributed by atoms with Gasteiger partial charge in [-0.25, -0.2) is 0 Å². The second-order valence-corrected chi connectivity index (χ2v) is 4.31. The van der Waals surface area contributed by atoms with Crippen molar-refractivity contribution >= 4 is 23.2 Å². The minimum absolute atomic E-state index is 0.00157. The lowest BCUT2D eigenvalue weighted by molar-refractivity contribution is 0.101. The van der Waals surface area contributed by atoms with Gasteiger partial charge in [-0.15, -0.1) is 11.8 Å². The predicted octanol–water partition coefficient (Wildman–Crippen LogP) is 2.21. The molecule has 4 heteroatoms. The molecule has 0 aliphatic heterocycles. The van der Waals surface area contributed by atoms with Crippen molar-refractivity contribution in [2.45, 2.75) is 11.8 Å². The van der Waals surface area contributed by atoms with Crippen molar-refractivity contribution in [2.75, 3.05) is 25.2 Å². The van der Waals surface area contributed by atoms with Crippen LogP contribution >= 0.6 is 11.8 Å². The molecule has 0 saturated heterocycles. The lowest BCUT2D eigenvalue weighted by Gasteiger charge is -2.05. The SMILES string of the molecule is COCCSc1ccc(N)c(C(C)=O)c1. The summed E-state index contributed by atoms with van der Waals surface area (Å²) in [5, 5.41) is 0. The number of anilines is 1. The van der Waals surface area contributed by atoms with Crippen LogP contribution in [0.5, 0.6) is 0 Å². The summed E-state index contributed by atoms with van der Waals surface area (Å²) in [6.45, 7) is 2.22. The Kier molecular flexibility index (Phi) is 4.65. The van der Waals surface area contributed by atoms with E-state index in [1.807, 2.05) is 12.1 Å². The number of Topliss-reactive ketones (excluding diaryl/α,β-unsaturated/α-hetero) is 1. The van der Waals surface area contributed by atoms with Gasteiger partial charge in [-0.1, -0.05) is 0 Å². The van der Waals surface area contributed by atoms with Gasteiger partial charge >= 0.3 is 0 Å². The van der Waals surface area contributed by atoms with Crippen molar-refractivity contribution in [3.05, 3.63) is 23.8 Å². The topological polar surface area (TPSA) is 52.3 Å². The normalized spacial score (nSPS) is 10.3. The molecular weight excluding hydrogens is 210 g/mol. The number of ketones is 1. The number of thioether (sulfide) groups is 1. The lowest BCUT2D eigenvalue weighted by Crippen LogP contribution is -2.00. The van der Waals surface area contributed by atoms with Gasteiger partial charge in [-0.2, -0.15) is 0 Å². The monoisotopic (exact) mass is 225 g/mol. The molecule has 0 heterocycles. The Hall–Kier alpha value is -1.00. The largest absolute Gasteiger partial charge is 0.398 e. The molecule has 1 rings (SSSR count). The van der Waals surface area contributed by atoms with Gasteiger partial charge in [0.1, 0.15) is 0 Å². The summed E-state index contributed by atoms with van der Waals surface area (Å²) in [6, 6.07) is 5.52. The number of nitrogen functional groups attached to an aromatic ring is 1. The van der Waals surface area contributed by atoms with Crippen molar-refractivity contribution in [3.63, 3.8) is 0 Å². The molecule has 1 aromatic carbocycles. The van der Waals surface area contributed by atoms with E-state index < -0.39 is 0 Å². The number of rotatable bonds is 5. The molecule has 0 saturated carbocycles. The van der Waals surface area contributed by atoms with Gasteiger partial charge < -0.3 is 10.5 Å². The molecule has 15 heavy (non-hydrogen) atoms. The maximum Gasteiger partial charge on any atom is 0.161 e. The highest BCUT2D eigenvalue weighted by atomic mass is 32.2. The van der Waals surface area contributed by atoms with E-state index >= 15 is 0 Å². The van der Waals surface area contributed by atoms with Crippen molar-refractivity contribution in [1.29, 1.82) is 0 Å². The number of methoxy groups -OCH3 is 1. The molecule has 0 bridgehead atoms. The summed E-state index contributed by atoms with van der Waals surface area (Å²) in [7, 11) is 1.67. The van der Waals surface area contributed by atoms with Crippen LogP contribution in [0.2, 0.25) is 0 Å². The highest BCUT2D eigenvalue weighted by molar-refractivity contribution is 7.99. The van der Waals surface area contributed by atoms with E-state index in [0.29, 0.717) is 17.9 Å². The summed E-state index contributed by atoms with van der Waals surface area (Å²) in [4.78, 5) is 12.3. The average molecular weight is 225 g/mol. The number of carbonyl (C=O) groups is 1. The zero-order chi connectivity index (χ0) is 11.3. The van der Waals surface area contributed by atoms with E-state index in [1.54, 1.807) is 24.9 Å². The standard InChI is InChI=1S/C11H15NO2S/c1-8(13)10-7-9(3-4-11(10)12)15-6-5-14-2/h3-4,7H,5-6,12H2,1-2H3. The Morgan fingerprint density at radius 2 is 2.27 bits per heavy atom. The molecule has 0 aliphatic rings. The summed E-state index contributed by atoms with van der Waals surface area (Å²) in [5.74, 6) is 0.874. The fourth-order valence-electron chi connectivity index (χ4n) is 1.17. The van der Waals surface area contributed by atoms with Crippen molar-refractivity contribution in [1.82, 2.24) is 0 Å². The predicted molar refractivity (Wildman–Crippen MR) is 63.5 cm³/mol. The van der Waals surface area contributed by atoms with Gasteiger partial charge in [0.05, 0.1) is 6.61 Å². The smallest absolute Gasteiger partial charge is 0.161 e. The first-order valence-electron chi connectivity index (χ1n) is 4.67. The molecule has 0 spiro atoms. The van der Waals surface area contributed by atoms with Crippen LogP contribution in [0, 0.1) is 0 Å². The zero-order valence-electron chi connectivity index (χ0n) is 8.95. The molecule has 0 aliphatic carbocycles. The first-order chi connectivity index (χ1) is 7.15. The van der Waals surface area contributed by atoms with Crippen LogP contribution in [-0.4, -0.2) is 25.3 Å². The Morgan fingerprint density at radius 1 is 1.53 bits per heavy atom. The molecule has 1 aromatic rings. The van der Waals surface area contributed by atoms with E-state index in [0.717, 1.165) is 10.6 Å². The number of benzene rings is 1. The Bertz CT molecular complexity index is 352. The van der Waals surface area contributed by atoms with E-state index in [2.05, 4.69) is 0 Å². The first-order valence-corrected chi connectivity index (χ1v) is 5.66. The van der Waals surface area contributed by atoms with Crippen LogP contribution in [0.15, 0.2) is 23.1 Å². The van der Waals surface area contributed by atoms with Gasteiger partial charge in [0, 0.05) is 29.0 Å². The average Bonchev–Trinajstić information content (AvgIpc) is 2.20. The van der Waals surface area contributed by atoms with Gasteiger partial charge in [-0.05, 0) is 25.1 Å². The molecule has 0 unspecified atom stereocenters. The molecule has 0 aromatic heterocycles. The van der Waals surface area contributed by atoms with Crippen molar-refractivity contribution < 1.29 is 9.53 Å². The third kappa shape index (κ3) is 3.57. The second-order valence-electron chi connectivity index (χ2n) is 3.15. The van der Waals surface area contributed by atoms with E-state index in [-0.39, 0.29) is 5.78 Å². The summed E-state index contributed by atoms with van der Waals surface area (Å²) in [6.07, 6.45) is 0. The molecular formula is C11H15NO2S. The van der Waals surface area contributed by atoms with Crippen LogP contribution in [0.4, 0.5) is 5.69 Å². The van der Waals surface area contributed by atoms with Crippen LogP contribution in [0.1, 0.15) is 17.3 Å². The van der Waals surface area contributed by atoms with Crippen molar-refractivity contribution in [3.8, 4) is 0 Å². The Labute approximate surface area is 94.0 Å². The quantitative estimate of drug-likeness (QED) is 0.361. The number of ether oxygens (including phenoxy) is 1. The Balaban J connectivity index is 2.74. The fourth-order valence-corrected chi connectivity index (χ4v) is 2.02. The second kappa shape index (κ2) is 5.78. The van der Waals surface area contributed by atoms with Crippen LogP contribution in [-0.2, 0) is 4.74 Å². The first kappa shape index (κ1) is 12.1. The number of carbonyl (C=O) groups excluding carboxylic acids is 1. The van der Waals surface area contributed by atoms with Gasteiger partial charge in [0.15, 0.2) is 5.78 Å². The fraction of sp³-hybridized carbons (Fsp3) is 0.364. The molecule has 3 nitrogen and oxygen atoms in total. The molecule has 0 fully saturated rings. The molecule has 0 amide bonds. The van der Waals surface area contributed by atoms with Gasteiger partial charge in [-0.3, -0.25) is 4.79 Å². The third-order valence-electron chi connectivity index (χ3n) is 1.96. The van der Waals surface area contributed by atoms with E-state index in [1.165, 1.54) is 6.92 Å². The third-order valence-corrected chi connectivity index (χ3v) is 2.92. The zero-order valence-corrected chi connectivity index (χ0v) is 9.76. The molecule has 2 N–H and O–H groups in total. The van der Waals surface area contributed by atoms with Crippen molar-refractivity contribution in [2.24, 2.45) is 0 Å². The minimum Gasteiger partial charge on any atom is -0.398 e. The summed E-state index contributed by atoms with van der Waals surface area (Å²) >= 11 is 1.65. The van der Waals surface area contributed by atoms with E-state index in [9.17, 15) is 4.79 Å². The minimum atomic E-state index is 0.00157. The molecule has 0 atom stereocenters. The summed E-state index contributed by atoms with van der Waals surface area (Å²) < 4.78 is 4.95. The lowest BCUT2D eigenvalue weighted by atomic mass is 10.1. The van der Waals surface area contributed by atoms with Crippen LogP contribution in [0.3, 0.4) is 0 Å². The highest BCUT2D eigenvalue weighted by Gasteiger charge is 2.05. The van der Waals surface area contributed by atoms with Gasteiger partial charge in [0.25, 0.3) is 0 Å². The summed E-state index contributed by atoms with van der Waals surface area (Å²) in [5.41, 5.74) is 6.83. The molecule has 0 radical (unpaired) electrons. The maximum absolute atomic E-state index is 11.2. The van der Waals surface area contributed by atoms with Gasteiger partial charge in [0.2, 0.25) is 0 Å². The van der Waals surface area contributed by atoms with E-state index in [4.69, 9.17) is 10.5 Å². The Morgan fingerprint density at radius 3 is 2.87 bits per heavy atom. The van der Waals surface area contributed by atoms with Crippen LogP contribution in [0.25, 0.3) is 0 Å².